The van der Waals surface area contributed by atoms with Crippen molar-refractivity contribution >= 4 is 23.6 Å². The normalized spacial score (nSPS) is 21.3. The average molecular weight is 351 g/mol. The molecule has 0 bridgehead atoms. The molecular weight excluding hydrogens is 339 g/mol. The molecule has 0 aromatic heterocycles. The lowest BCUT2D eigenvalue weighted by molar-refractivity contribution is -0.189. The Morgan fingerprint density at radius 3 is 2.57 bits per heavy atom. The summed E-state index contributed by atoms with van der Waals surface area (Å²) >= 11 is 0.827. The van der Waals surface area contributed by atoms with E-state index in [1.165, 1.54) is 25.3 Å². The smallest absolute Gasteiger partial charge is 0.471 e. The van der Waals surface area contributed by atoms with Crippen molar-refractivity contribution < 1.29 is 37.7 Å². The van der Waals surface area contributed by atoms with Gasteiger partial charge >= 0.3 is 18.1 Å². The lowest BCUT2D eigenvalue weighted by Crippen LogP contribution is -2.48. The molecule has 0 aliphatic carbocycles. The molecule has 10 heteroatoms. The molecule has 126 valence electrons. The third-order valence-corrected chi connectivity index (χ3v) is 4.58. The highest BCUT2D eigenvalue weighted by molar-refractivity contribution is 7.99. The fourth-order valence-electron chi connectivity index (χ4n) is 2.23. The monoisotopic (exact) mass is 351 g/mol. The maximum absolute atomic E-state index is 12.8. The van der Waals surface area contributed by atoms with E-state index in [9.17, 15) is 27.9 Å². The lowest BCUT2D eigenvalue weighted by Gasteiger charge is -2.28. The third kappa shape index (κ3) is 3.16. The van der Waals surface area contributed by atoms with Crippen LogP contribution in [0.1, 0.15) is 10.9 Å². The SMILES string of the molecule is COc1cccc(C2SC[C@H](C(=O)O)N2C(=O)C(F)(F)F)c1O. The van der Waals surface area contributed by atoms with Crippen LogP contribution in [0.5, 0.6) is 11.5 Å². The van der Waals surface area contributed by atoms with Crippen molar-refractivity contribution in [1.82, 2.24) is 4.90 Å². The molecule has 2 rings (SSSR count). The Kier molecular flexibility index (Phi) is 4.64. The van der Waals surface area contributed by atoms with E-state index in [0.29, 0.717) is 0 Å². The van der Waals surface area contributed by atoms with Crippen LogP contribution in [-0.2, 0) is 9.59 Å². The number of para-hydroxylation sites is 1. The number of rotatable bonds is 3. The number of hydrogen-bond donors (Lipinski definition) is 2. The van der Waals surface area contributed by atoms with Crippen molar-refractivity contribution in [2.75, 3.05) is 12.9 Å². The Bertz CT molecular complexity index is 637. The van der Waals surface area contributed by atoms with Crippen molar-refractivity contribution in [2.45, 2.75) is 17.6 Å². The van der Waals surface area contributed by atoms with Gasteiger partial charge in [0.2, 0.25) is 0 Å². The van der Waals surface area contributed by atoms with E-state index in [2.05, 4.69) is 0 Å². The molecule has 1 aromatic rings. The Balaban J connectivity index is 2.49. The van der Waals surface area contributed by atoms with Gasteiger partial charge in [0.25, 0.3) is 0 Å². The van der Waals surface area contributed by atoms with Gasteiger partial charge in [-0.2, -0.15) is 13.2 Å². The number of phenolic OH excluding ortho intramolecular Hbond substituents is 1. The molecule has 2 N–H and O–H groups in total. The number of aliphatic carboxylic acids is 1. The van der Waals surface area contributed by atoms with Crippen molar-refractivity contribution in [3.63, 3.8) is 0 Å². The minimum absolute atomic E-state index is 0.0151. The summed E-state index contributed by atoms with van der Waals surface area (Å²) in [4.78, 5) is 23.0. The Labute approximate surface area is 132 Å². The standard InChI is InChI=1S/C13H12F3NO5S/c1-22-8-4-2-3-6(9(8)18)10-17(12(21)13(14,15)16)7(5-23-10)11(19)20/h2-4,7,10,18H,5H2,1H3,(H,19,20)/t7-,10?/m1/s1. The zero-order chi connectivity index (χ0) is 17.4. The number of benzene rings is 1. The molecule has 0 saturated carbocycles. The number of nitrogens with zero attached hydrogens (tertiary/aromatic N) is 1. The van der Waals surface area contributed by atoms with Crippen LogP contribution in [0, 0.1) is 0 Å². The molecule has 2 atom stereocenters. The highest BCUT2D eigenvalue weighted by Gasteiger charge is 2.52. The number of thioether (sulfide) groups is 1. The van der Waals surface area contributed by atoms with Gasteiger partial charge in [-0.25, -0.2) is 4.79 Å². The van der Waals surface area contributed by atoms with Crippen LogP contribution in [0.3, 0.4) is 0 Å². The predicted molar refractivity (Wildman–Crippen MR) is 74.2 cm³/mol. The first-order chi connectivity index (χ1) is 10.7. The largest absolute Gasteiger partial charge is 0.504 e. The summed E-state index contributed by atoms with van der Waals surface area (Å²) in [6, 6.07) is 2.50. The Morgan fingerprint density at radius 1 is 1.39 bits per heavy atom. The molecule has 1 saturated heterocycles. The van der Waals surface area contributed by atoms with Crippen LogP contribution in [0.4, 0.5) is 13.2 Å². The number of alkyl halides is 3. The van der Waals surface area contributed by atoms with Crippen LogP contribution < -0.4 is 4.74 Å². The van der Waals surface area contributed by atoms with Gasteiger partial charge in [-0.1, -0.05) is 12.1 Å². The molecule has 1 aromatic carbocycles. The quantitative estimate of drug-likeness (QED) is 0.866. The van der Waals surface area contributed by atoms with E-state index >= 15 is 0 Å². The zero-order valence-electron chi connectivity index (χ0n) is 11.7. The first-order valence-corrected chi connectivity index (χ1v) is 7.33. The average Bonchev–Trinajstić information content (AvgIpc) is 2.90. The van der Waals surface area contributed by atoms with Crippen LogP contribution in [0.25, 0.3) is 0 Å². The second-order valence-electron chi connectivity index (χ2n) is 4.65. The first kappa shape index (κ1) is 17.3. The van der Waals surface area contributed by atoms with Gasteiger partial charge in [0.05, 0.1) is 7.11 Å². The van der Waals surface area contributed by atoms with Crippen LogP contribution in [0.2, 0.25) is 0 Å². The van der Waals surface area contributed by atoms with E-state index in [1.807, 2.05) is 0 Å². The van der Waals surface area contributed by atoms with Gasteiger partial charge in [0.15, 0.2) is 11.5 Å². The number of hydrogen-bond acceptors (Lipinski definition) is 5. The highest BCUT2D eigenvalue weighted by atomic mass is 32.2. The number of carbonyl (C=O) groups excluding carboxylic acids is 1. The lowest BCUT2D eigenvalue weighted by atomic mass is 10.1. The molecule has 1 amide bonds. The van der Waals surface area contributed by atoms with E-state index in [-0.39, 0.29) is 22.0 Å². The van der Waals surface area contributed by atoms with E-state index in [1.54, 1.807) is 0 Å². The zero-order valence-corrected chi connectivity index (χ0v) is 12.5. The van der Waals surface area contributed by atoms with Crippen LogP contribution >= 0.6 is 11.8 Å². The number of carboxylic acid groups (broad SMARTS) is 1. The fraction of sp³-hybridized carbons (Fsp3) is 0.385. The molecule has 1 aliphatic rings. The minimum atomic E-state index is -5.22. The van der Waals surface area contributed by atoms with E-state index in [4.69, 9.17) is 9.84 Å². The van der Waals surface area contributed by atoms with Crippen LogP contribution in [-0.4, -0.2) is 52.1 Å². The van der Waals surface area contributed by atoms with Gasteiger partial charge in [0, 0.05) is 11.3 Å². The van der Waals surface area contributed by atoms with Crippen molar-refractivity contribution in [3.8, 4) is 11.5 Å². The maximum atomic E-state index is 12.8. The van der Waals surface area contributed by atoms with Gasteiger partial charge in [-0.05, 0) is 6.07 Å². The number of amides is 1. The minimum Gasteiger partial charge on any atom is -0.504 e. The summed E-state index contributed by atoms with van der Waals surface area (Å²) in [7, 11) is 1.26. The summed E-state index contributed by atoms with van der Waals surface area (Å²) in [6.07, 6.45) is -5.22. The van der Waals surface area contributed by atoms with Gasteiger partial charge in [-0.3, -0.25) is 4.79 Å². The Morgan fingerprint density at radius 2 is 2.04 bits per heavy atom. The molecule has 1 heterocycles. The predicted octanol–water partition coefficient (Wildman–Crippen LogP) is 1.99. The van der Waals surface area contributed by atoms with Crippen molar-refractivity contribution in [1.29, 1.82) is 0 Å². The molecule has 1 fully saturated rings. The van der Waals surface area contributed by atoms with Crippen molar-refractivity contribution in [3.05, 3.63) is 23.8 Å². The number of carbonyl (C=O) groups is 2. The summed E-state index contributed by atoms with van der Waals surface area (Å²) in [5.41, 5.74) is -0.0179. The number of aromatic hydroxyl groups is 1. The molecule has 6 nitrogen and oxygen atoms in total. The van der Waals surface area contributed by atoms with Gasteiger partial charge < -0.3 is 19.8 Å². The number of halogens is 3. The van der Waals surface area contributed by atoms with E-state index in [0.717, 1.165) is 11.8 Å². The molecule has 1 unspecified atom stereocenters. The molecule has 0 radical (unpaired) electrons. The van der Waals surface area contributed by atoms with Crippen LogP contribution in [0.15, 0.2) is 18.2 Å². The summed E-state index contributed by atoms with van der Waals surface area (Å²) in [5, 5.41) is 17.9. The second-order valence-corrected chi connectivity index (χ2v) is 5.76. The topological polar surface area (TPSA) is 87.1 Å². The third-order valence-electron chi connectivity index (χ3n) is 3.28. The molecular formula is C13H12F3NO5S. The molecule has 23 heavy (non-hydrogen) atoms. The molecule has 1 aliphatic heterocycles. The Hall–Kier alpha value is -2.10. The van der Waals surface area contributed by atoms with Gasteiger partial charge in [0.1, 0.15) is 11.4 Å². The summed E-state index contributed by atoms with van der Waals surface area (Å²) in [5.74, 6) is -4.44. The number of phenols is 1. The van der Waals surface area contributed by atoms with E-state index < -0.39 is 35.2 Å². The highest BCUT2D eigenvalue weighted by Crippen LogP contribution is 2.47. The first-order valence-electron chi connectivity index (χ1n) is 6.28. The van der Waals surface area contributed by atoms with Gasteiger partial charge in [-0.15, -0.1) is 11.8 Å². The summed E-state index contributed by atoms with van der Waals surface area (Å²) in [6.45, 7) is 0. The molecule has 0 spiro atoms. The number of methoxy groups -OCH3 is 1. The number of carboxylic acids is 1. The number of ether oxygens (including phenoxy) is 1. The second kappa shape index (κ2) is 6.19. The maximum Gasteiger partial charge on any atom is 0.471 e. The fourth-order valence-corrected chi connectivity index (χ4v) is 3.67. The summed E-state index contributed by atoms with van der Waals surface area (Å²) < 4.78 is 43.3. The van der Waals surface area contributed by atoms with Crippen molar-refractivity contribution in [2.24, 2.45) is 0 Å².